The number of amidine groups is 1. The van der Waals surface area contributed by atoms with Gasteiger partial charge in [-0.1, -0.05) is 65.8 Å². The van der Waals surface area contributed by atoms with E-state index in [0.717, 1.165) is 61.1 Å². The lowest BCUT2D eigenvalue weighted by atomic mass is 10.0. The maximum atomic E-state index is 13.5. The number of hydrogen-bond acceptors (Lipinski definition) is 12. The smallest absolute Gasteiger partial charge is 0.242 e. The number of fused-ring (bicyclic) bond motifs is 3. The Hall–Kier alpha value is -6.17. The number of carbonyl (C=O) groups excluding carboxylic acids is 1. The van der Waals surface area contributed by atoms with Crippen molar-refractivity contribution < 1.29 is 31.9 Å². The van der Waals surface area contributed by atoms with Crippen LogP contribution in [0.2, 0.25) is 36.3 Å². The number of anilines is 2. The van der Waals surface area contributed by atoms with Gasteiger partial charge >= 0.3 is 0 Å². The molecule has 2 atom stereocenters. The Labute approximate surface area is 440 Å². The Morgan fingerprint density at radius 2 is 1.27 bits per heavy atom. The molecule has 9 rings (SSSR count). The van der Waals surface area contributed by atoms with Gasteiger partial charge in [0.25, 0.3) is 0 Å². The van der Waals surface area contributed by atoms with Crippen LogP contribution in [-0.2, 0) is 49.2 Å². The SMILES string of the molecule is Cc1cc2cnn(CCO[Si](C)(C)C(C)(C)C)c2cc1CC(=O)NNC1=N[C@H](c2ccc(F)cc2)COC1.Cc1cc2cnn(CCO[Si](C)(C)C(C)(C)C)c2cc1Nc1nnc2n1[C@H](c1ccc(F)cc1)COC2. The molecule has 2 aliphatic rings. The van der Waals surface area contributed by atoms with E-state index in [1.165, 1.54) is 24.3 Å². The van der Waals surface area contributed by atoms with Crippen molar-refractivity contribution in [2.75, 3.05) is 38.4 Å². The van der Waals surface area contributed by atoms with Gasteiger partial charge < -0.3 is 23.6 Å². The van der Waals surface area contributed by atoms with Crippen LogP contribution in [-0.4, -0.2) is 95.7 Å². The van der Waals surface area contributed by atoms with Crippen LogP contribution in [0.5, 0.6) is 0 Å². The molecule has 0 radical (unpaired) electrons. The van der Waals surface area contributed by atoms with Crippen molar-refractivity contribution >= 4 is 61.8 Å². The highest BCUT2D eigenvalue weighted by molar-refractivity contribution is 6.74. The lowest BCUT2D eigenvalue weighted by molar-refractivity contribution is -0.121. The van der Waals surface area contributed by atoms with Crippen molar-refractivity contribution in [3.63, 3.8) is 0 Å². The van der Waals surface area contributed by atoms with E-state index in [1.807, 2.05) is 39.3 Å². The Morgan fingerprint density at radius 3 is 1.85 bits per heavy atom. The zero-order chi connectivity index (χ0) is 53.9. The van der Waals surface area contributed by atoms with Gasteiger partial charge in [0.2, 0.25) is 11.9 Å². The molecule has 5 heterocycles. The van der Waals surface area contributed by atoms with E-state index in [0.29, 0.717) is 57.9 Å². The van der Waals surface area contributed by atoms with E-state index in [2.05, 4.69) is 134 Å². The minimum Gasteiger partial charge on any atom is -0.415 e. The van der Waals surface area contributed by atoms with Gasteiger partial charge in [0, 0.05) is 16.5 Å². The second-order valence-corrected chi connectivity index (χ2v) is 32.2. The normalized spacial score (nSPS) is 16.3. The van der Waals surface area contributed by atoms with Gasteiger partial charge in [-0.3, -0.25) is 34.6 Å². The van der Waals surface area contributed by atoms with Crippen LogP contribution < -0.4 is 16.2 Å². The molecule has 7 aromatic rings. The Bertz CT molecular complexity index is 3140. The predicted molar refractivity (Wildman–Crippen MR) is 295 cm³/mol. The molecule has 3 aromatic heterocycles. The van der Waals surface area contributed by atoms with Gasteiger partial charge in [0.1, 0.15) is 36.7 Å². The summed E-state index contributed by atoms with van der Waals surface area (Å²) in [4.78, 5) is 17.4. The molecule has 0 aliphatic carbocycles. The van der Waals surface area contributed by atoms with E-state index >= 15 is 0 Å². The largest absolute Gasteiger partial charge is 0.415 e. The van der Waals surface area contributed by atoms with Crippen LogP contribution in [0, 0.1) is 25.5 Å². The first-order valence-corrected chi connectivity index (χ1v) is 31.5. The van der Waals surface area contributed by atoms with E-state index in [-0.39, 0.29) is 52.7 Å². The van der Waals surface area contributed by atoms with Gasteiger partial charge in [-0.25, -0.2) is 8.78 Å². The molecule has 0 saturated carbocycles. The van der Waals surface area contributed by atoms with Crippen LogP contribution >= 0.6 is 0 Å². The first kappa shape index (κ1) is 55.1. The third kappa shape index (κ3) is 13.1. The number of aliphatic imine (C=N–C) groups is 1. The number of aromatic nitrogens is 7. The average molecular weight is 1060 g/mol. The van der Waals surface area contributed by atoms with E-state index < -0.39 is 16.6 Å². The van der Waals surface area contributed by atoms with Crippen LogP contribution in [0.4, 0.5) is 20.4 Å². The number of nitrogens with zero attached hydrogens (tertiary/aromatic N) is 8. The monoisotopic (exact) mass is 1060 g/mol. The summed E-state index contributed by atoms with van der Waals surface area (Å²) in [6.07, 6.45) is 3.97. The molecule has 4 aromatic carbocycles. The van der Waals surface area contributed by atoms with Crippen molar-refractivity contribution in [3.05, 3.63) is 130 Å². The summed E-state index contributed by atoms with van der Waals surface area (Å²) in [7, 11) is -3.66. The van der Waals surface area contributed by atoms with Crippen molar-refractivity contribution in [3.8, 4) is 0 Å². The molecule has 20 heteroatoms. The summed E-state index contributed by atoms with van der Waals surface area (Å²) in [5, 5.41) is 23.9. The number of hydrogen-bond donors (Lipinski definition) is 3. The molecule has 0 fully saturated rings. The number of carbonyl (C=O) groups is 1. The number of benzene rings is 4. The first-order chi connectivity index (χ1) is 35.5. The standard InChI is InChI=1S/C28H38FN5O3Si.C27H35FN6O2Si/c1-19-13-22-16-30-34(11-12-37-38(5,6)28(2,3)4)25(22)14-21(19)15-27(35)33-32-26-18-36-17-24(31-26)20-7-9-23(29)10-8-20;1-18-13-20-15-29-33(11-12-36-37(5,6)27(2,3)4)23(20)14-22(18)30-26-32-31-25-17-35-16-24(34(25)26)19-7-9-21(28)10-8-19/h7-10,13-14,16,24H,11-12,15,17-18H2,1-6H3,(H,31,32)(H,33,35);7-10,13-15,24H,11-12,16-17H2,1-6H3,(H,30,32)/t2*24-/m00/s1. The summed E-state index contributed by atoms with van der Waals surface area (Å²) < 4.78 is 56.9. The maximum absolute atomic E-state index is 13.5. The van der Waals surface area contributed by atoms with E-state index in [9.17, 15) is 13.6 Å². The zero-order valence-corrected chi connectivity index (χ0v) is 47.5. The molecule has 1 amide bonds. The van der Waals surface area contributed by atoms with Crippen molar-refractivity contribution in [1.29, 1.82) is 0 Å². The average Bonchev–Trinajstić information content (AvgIpc) is 4.08. The molecular weight excluding hydrogens is 989 g/mol. The van der Waals surface area contributed by atoms with Crippen LogP contribution in [0.15, 0.2) is 90.2 Å². The molecule has 0 saturated heterocycles. The topological polar surface area (TPSA) is 169 Å². The zero-order valence-electron chi connectivity index (χ0n) is 45.5. The molecular formula is C55H73F2N11O5Si2. The lowest BCUT2D eigenvalue weighted by Gasteiger charge is -2.36. The Morgan fingerprint density at radius 1 is 0.720 bits per heavy atom. The maximum Gasteiger partial charge on any atom is 0.242 e. The number of ether oxygens (including phenoxy) is 2. The number of halogens is 2. The van der Waals surface area contributed by atoms with Crippen LogP contribution in [0.1, 0.15) is 87.3 Å². The molecule has 3 N–H and O–H groups in total. The van der Waals surface area contributed by atoms with Gasteiger partial charge in [0.05, 0.1) is 75.4 Å². The fraction of sp³-hybridized carbons (Fsp3) is 0.455. The highest BCUT2D eigenvalue weighted by atomic mass is 28.4. The summed E-state index contributed by atoms with van der Waals surface area (Å²) in [6, 6.07) is 20.6. The summed E-state index contributed by atoms with van der Waals surface area (Å²) in [5.74, 6) is 1.13. The second-order valence-electron chi connectivity index (χ2n) is 22.5. The predicted octanol–water partition coefficient (Wildman–Crippen LogP) is 10.8. The molecule has 0 spiro atoms. The summed E-state index contributed by atoms with van der Waals surface area (Å²) in [5.41, 5.74) is 13.4. The highest BCUT2D eigenvalue weighted by Gasteiger charge is 2.38. The number of hydrazine groups is 1. The van der Waals surface area contributed by atoms with Gasteiger partial charge in [-0.05, 0) is 126 Å². The minimum absolute atomic E-state index is 0.149. The number of rotatable bonds is 14. The molecule has 16 nitrogen and oxygen atoms in total. The Kier molecular flexibility index (Phi) is 16.6. The van der Waals surface area contributed by atoms with Crippen molar-refractivity contribution in [2.24, 2.45) is 4.99 Å². The molecule has 2 aliphatic heterocycles. The number of nitrogens with one attached hydrogen (secondary N) is 3. The number of aryl methyl sites for hydroxylation is 2. The first-order valence-electron chi connectivity index (χ1n) is 25.6. The molecule has 75 heavy (non-hydrogen) atoms. The van der Waals surface area contributed by atoms with Gasteiger partial charge in [-0.15, -0.1) is 10.2 Å². The van der Waals surface area contributed by atoms with Crippen molar-refractivity contribution in [2.45, 2.75) is 130 Å². The molecule has 400 valence electrons. The van der Waals surface area contributed by atoms with Gasteiger partial charge in [0.15, 0.2) is 22.5 Å². The van der Waals surface area contributed by atoms with Gasteiger partial charge in [-0.2, -0.15) is 10.2 Å². The van der Waals surface area contributed by atoms with Crippen LogP contribution in [0.25, 0.3) is 21.8 Å². The third-order valence-electron chi connectivity index (χ3n) is 15.1. The minimum atomic E-state index is -1.83. The third-order valence-corrected chi connectivity index (χ3v) is 24.2. The summed E-state index contributed by atoms with van der Waals surface area (Å²) >= 11 is 0. The lowest BCUT2D eigenvalue weighted by Crippen LogP contribution is -2.45. The quantitative estimate of drug-likeness (QED) is 0.0700. The molecule has 0 bridgehead atoms. The molecule has 0 unspecified atom stereocenters. The fourth-order valence-corrected chi connectivity index (χ4v) is 10.5. The Balaban J connectivity index is 0.000000199. The second kappa shape index (κ2) is 22.6. The fourth-order valence-electron chi connectivity index (χ4n) is 8.45. The van der Waals surface area contributed by atoms with E-state index in [4.69, 9.17) is 18.3 Å². The van der Waals surface area contributed by atoms with Crippen LogP contribution in [0.3, 0.4) is 0 Å². The van der Waals surface area contributed by atoms with E-state index in [1.54, 1.807) is 24.3 Å². The summed E-state index contributed by atoms with van der Waals surface area (Å²) in [6.45, 7) is 30.6. The number of amides is 1. The van der Waals surface area contributed by atoms with Crippen molar-refractivity contribution in [1.82, 2.24) is 45.2 Å². The highest BCUT2D eigenvalue weighted by Crippen LogP contribution is 2.38.